The fourth-order valence-corrected chi connectivity index (χ4v) is 12.6. The Morgan fingerprint density at radius 3 is 1.94 bits per heavy atom. The van der Waals surface area contributed by atoms with Crippen LogP contribution in [0.25, 0.3) is 78.1 Å². The van der Waals surface area contributed by atoms with E-state index < -0.39 is 0 Å². The van der Waals surface area contributed by atoms with Crippen molar-refractivity contribution in [1.29, 1.82) is 0 Å². The van der Waals surface area contributed by atoms with Crippen LogP contribution in [0.1, 0.15) is 80.5 Å². The van der Waals surface area contributed by atoms with Crippen LogP contribution in [-0.2, 0) is 10.8 Å². The first-order valence-corrected chi connectivity index (χ1v) is 25.2. The molecule has 0 amide bonds. The van der Waals surface area contributed by atoms with Crippen LogP contribution < -0.4 is 31.9 Å². The van der Waals surface area contributed by atoms with Gasteiger partial charge in [-0.1, -0.05) is 140 Å². The maximum absolute atomic E-state index is 6.55. The van der Waals surface area contributed by atoms with Gasteiger partial charge in [-0.05, 0) is 155 Å². The lowest BCUT2D eigenvalue weighted by Crippen LogP contribution is -2.60. The van der Waals surface area contributed by atoms with E-state index in [9.17, 15) is 0 Å². The molecule has 0 aliphatic carbocycles. The monoisotopic (exact) mass is 919 g/mol. The van der Waals surface area contributed by atoms with E-state index >= 15 is 0 Å². The molecule has 0 radical (unpaired) electrons. The maximum Gasteiger partial charge on any atom is 0.252 e. The maximum atomic E-state index is 6.55. The third-order valence-corrected chi connectivity index (χ3v) is 15.9. The Morgan fingerprint density at radius 2 is 1.24 bits per heavy atom. The molecule has 11 aromatic rings. The fraction of sp³-hybridized carbons (Fsp3) is 0.182. The second-order valence-corrected chi connectivity index (χ2v) is 22.5. The van der Waals surface area contributed by atoms with Gasteiger partial charge in [0, 0.05) is 60.5 Å². The van der Waals surface area contributed by atoms with Gasteiger partial charge < -0.3 is 18.5 Å². The van der Waals surface area contributed by atoms with Crippen LogP contribution in [0, 0.1) is 27.7 Å². The first-order valence-electron chi connectivity index (χ1n) is 25.2. The zero-order chi connectivity index (χ0) is 49.2. The van der Waals surface area contributed by atoms with Crippen LogP contribution >= 0.6 is 0 Å². The lowest BCUT2D eigenvalue weighted by molar-refractivity contribution is 0.573. The summed E-state index contributed by atoms with van der Waals surface area (Å²) in [5, 5.41) is 7.07. The molecule has 0 fully saturated rings. The molecule has 0 N–H and O–H groups in total. The van der Waals surface area contributed by atoms with Crippen molar-refractivity contribution >= 4 is 107 Å². The molecule has 8 aromatic carbocycles. The van der Waals surface area contributed by atoms with Crippen LogP contribution in [0.3, 0.4) is 0 Å². The highest BCUT2D eigenvalue weighted by atomic mass is 16.3. The van der Waals surface area contributed by atoms with E-state index in [2.05, 4.69) is 218 Å². The summed E-state index contributed by atoms with van der Waals surface area (Å²) >= 11 is 0. The van der Waals surface area contributed by atoms with Crippen molar-refractivity contribution < 1.29 is 4.42 Å². The third-order valence-electron chi connectivity index (χ3n) is 15.9. The Bertz CT molecular complexity index is 4260. The third kappa shape index (κ3) is 6.05. The number of furan rings is 1. The number of hydrogen-bond donors (Lipinski definition) is 0. The van der Waals surface area contributed by atoms with Crippen LogP contribution in [0.2, 0.25) is 0 Å². The number of allylic oxidation sites excluding steroid dienone is 1. The molecule has 0 unspecified atom stereocenters. The summed E-state index contributed by atoms with van der Waals surface area (Å²) in [7, 11) is 0. The van der Waals surface area contributed by atoms with Crippen LogP contribution in [0.5, 0.6) is 0 Å². The van der Waals surface area contributed by atoms with Crippen molar-refractivity contribution in [2.24, 2.45) is 0 Å². The molecule has 5 heterocycles. The Kier molecular flexibility index (Phi) is 9.07. The Morgan fingerprint density at radius 1 is 0.549 bits per heavy atom. The van der Waals surface area contributed by atoms with Gasteiger partial charge >= 0.3 is 0 Å². The van der Waals surface area contributed by atoms with E-state index in [4.69, 9.17) is 4.42 Å². The molecule has 0 bridgehead atoms. The van der Waals surface area contributed by atoms with Crippen molar-refractivity contribution in [3.63, 3.8) is 0 Å². The number of nitrogens with zero attached hydrogens (tertiary/aromatic N) is 3. The summed E-state index contributed by atoms with van der Waals surface area (Å²) in [6.45, 7) is 32.1. The van der Waals surface area contributed by atoms with Crippen molar-refractivity contribution in [3.05, 3.63) is 202 Å². The van der Waals surface area contributed by atoms with Gasteiger partial charge in [-0.3, -0.25) is 0 Å². The van der Waals surface area contributed by atoms with Crippen molar-refractivity contribution in [3.8, 4) is 11.4 Å². The predicted molar refractivity (Wildman–Crippen MR) is 305 cm³/mol. The van der Waals surface area contributed by atoms with E-state index in [1.54, 1.807) is 0 Å². The molecule has 13 rings (SSSR count). The number of anilines is 3. The van der Waals surface area contributed by atoms with Crippen molar-refractivity contribution in [1.82, 2.24) is 9.13 Å². The van der Waals surface area contributed by atoms with Crippen LogP contribution in [0.15, 0.2) is 157 Å². The predicted octanol–water partition coefficient (Wildman–Crippen LogP) is 13.9. The van der Waals surface area contributed by atoms with Crippen LogP contribution in [-0.4, -0.2) is 15.8 Å². The first-order chi connectivity index (χ1) is 34.0. The van der Waals surface area contributed by atoms with Gasteiger partial charge in [0.1, 0.15) is 11.0 Å². The molecule has 0 saturated heterocycles. The van der Waals surface area contributed by atoms with Gasteiger partial charge in [-0.2, -0.15) is 0 Å². The molecule has 3 aromatic heterocycles. The smallest absolute Gasteiger partial charge is 0.252 e. The van der Waals surface area contributed by atoms with Crippen molar-refractivity contribution in [2.75, 3.05) is 4.90 Å². The minimum Gasteiger partial charge on any atom is -0.455 e. The summed E-state index contributed by atoms with van der Waals surface area (Å²) in [6, 6.07) is 52.5. The highest BCUT2D eigenvalue weighted by molar-refractivity contribution is 7.00. The Balaban J connectivity index is 1.19. The topological polar surface area (TPSA) is 26.2 Å². The molecule has 346 valence electrons. The zero-order valence-corrected chi connectivity index (χ0v) is 42.6. The summed E-state index contributed by atoms with van der Waals surface area (Å²) < 4.78 is 11.7. The molecular formula is C66H58BN3O. The van der Waals surface area contributed by atoms with E-state index in [1.807, 2.05) is 24.3 Å². The number of aromatic nitrogens is 2. The lowest BCUT2D eigenvalue weighted by Gasteiger charge is -2.41. The molecule has 0 saturated carbocycles. The largest absolute Gasteiger partial charge is 0.455 e. The van der Waals surface area contributed by atoms with Gasteiger partial charge in [0.25, 0.3) is 6.71 Å². The molecule has 5 heteroatoms. The van der Waals surface area contributed by atoms with E-state index in [1.165, 1.54) is 105 Å². The minimum absolute atomic E-state index is 0.0146. The van der Waals surface area contributed by atoms with Crippen LogP contribution in [0.4, 0.5) is 17.1 Å². The minimum atomic E-state index is -0.0416. The standard InChI is InChI=1S/C66H58BN3O/c1-13-46(64-41(6)47-23-18-20-26-58(47)71-64)42-29-38(3)61(39(4)30-42)69-56-36-54-49(48-24-17-19-25-53(48)68(54)45-21-15-14-16-22-45)35-52(56)67-51-28-27-43(65(7,8)9)34-55(51)70-62-40(5)31-44(66(10,11)12)33-50(62)59-37(2)32-57(69)60(67)63(59)70/h13-36H,1,6H2,2-5,7-12H3/b64-46-. The highest BCUT2D eigenvalue weighted by Crippen LogP contribution is 2.49. The van der Waals surface area contributed by atoms with Gasteiger partial charge in [0.15, 0.2) is 0 Å². The Hall–Kier alpha value is -7.76. The first kappa shape index (κ1) is 43.3. The highest BCUT2D eigenvalue weighted by Gasteiger charge is 2.44. The molecule has 0 atom stereocenters. The molecule has 4 nitrogen and oxygen atoms in total. The average molecular weight is 920 g/mol. The quantitative estimate of drug-likeness (QED) is 0.164. The van der Waals surface area contributed by atoms with Gasteiger partial charge in [0.2, 0.25) is 0 Å². The summed E-state index contributed by atoms with van der Waals surface area (Å²) in [5.41, 5.74) is 26.1. The number of benzene rings is 8. The molecule has 0 spiro atoms. The molecule has 2 aliphatic rings. The number of hydrogen-bond acceptors (Lipinski definition) is 2. The lowest BCUT2D eigenvalue weighted by atomic mass is 9.33. The normalized spacial score (nSPS) is 13.8. The Labute approximate surface area is 416 Å². The van der Waals surface area contributed by atoms with Gasteiger partial charge in [0.05, 0.1) is 27.8 Å². The molecular weight excluding hydrogens is 862 g/mol. The number of para-hydroxylation sites is 3. The molecule has 71 heavy (non-hydrogen) atoms. The van der Waals surface area contributed by atoms with Gasteiger partial charge in [-0.15, -0.1) is 0 Å². The number of aryl methyl sites for hydroxylation is 4. The summed E-state index contributed by atoms with van der Waals surface area (Å²) in [4.78, 5) is 2.63. The fourth-order valence-electron chi connectivity index (χ4n) is 12.6. The second kappa shape index (κ2) is 14.9. The zero-order valence-electron chi connectivity index (χ0n) is 42.6. The van der Waals surface area contributed by atoms with Gasteiger partial charge in [-0.25, -0.2) is 0 Å². The number of fused-ring (bicyclic) bond motifs is 12. The SMILES string of the molecule is C=C/C(c1cc(C)c(N2c3cc4c(cc3B3c5ccc(C(C)(C)C)cc5-n5c6c(C)cc(C(C)(C)C)cc6c6c(C)cc2c3c65)c2ccccc2n4-c2ccccc2)c(C)c1)=c1/oc2ccccc2c1=C. The van der Waals surface area contributed by atoms with E-state index in [0.29, 0.717) is 0 Å². The molecule has 2 aliphatic heterocycles. The summed E-state index contributed by atoms with van der Waals surface area (Å²) in [6.07, 6.45) is 1.93. The van der Waals surface area contributed by atoms with Crippen molar-refractivity contribution in [2.45, 2.75) is 80.1 Å². The second-order valence-electron chi connectivity index (χ2n) is 22.5. The average Bonchev–Trinajstić information content (AvgIpc) is 3.98. The number of rotatable bonds is 4. The van der Waals surface area contributed by atoms with E-state index in [-0.39, 0.29) is 17.5 Å². The summed E-state index contributed by atoms with van der Waals surface area (Å²) in [5.74, 6) is 0. The van der Waals surface area contributed by atoms with E-state index in [0.717, 1.165) is 49.6 Å².